The Labute approximate surface area is 168 Å². The van der Waals surface area contributed by atoms with Crippen molar-refractivity contribution in [3.8, 4) is 0 Å². The minimum Gasteiger partial charge on any atom is -0.875 e. The summed E-state index contributed by atoms with van der Waals surface area (Å²) in [5.74, 6) is -0.748. The zero-order valence-corrected chi connectivity index (χ0v) is 17.6. The largest absolute Gasteiger partial charge is 1.00 e. The van der Waals surface area contributed by atoms with Gasteiger partial charge in [-0.05, 0) is 12.8 Å². The van der Waals surface area contributed by atoms with Gasteiger partial charge in [-0.1, -0.05) is 39.2 Å². The van der Waals surface area contributed by atoms with Crippen LogP contribution < -0.4 is 40.0 Å². The van der Waals surface area contributed by atoms with Gasteiger partial charge in [0.15, 0.2) is 0 Å². The van der Waals surface area contributed by atoms with Crippen LogP contribution in [0, 0.1) is 0 Å². The monoisotopic (exact) mass is 352 g/mol. The molecule has 136 valence electrons. The molecule has 6 nitrogen and oxygen atoms in total. The molecule has 0 aliphatic heterocycles. The molecule has 1 atom stereocenters. The van der Waals surface area contributed by atoms with Crippen molar-refractivity contribution in [2.75, 3.05) is 32.7 Å². The Bertz CT molecular complexity index is 341. The quantitative estimate of drug-likeness (QED) is 0.178. The van der Waals surface area contributed by atoms with Crippen LogP contribution in [0.4, 0.5) is 0 Å². The summed E-state index contributed by atoms with van der Waals surface area (Å²) in [5, 5.41) is 33.4. The van der Waals surface area contributed by atoms with Crippen molar-refractivity contribution >= 4 is 5.97 Å². The summed E-state index contributed by atoms with van der Waals surface area (Å²) in [7, 11) is 0. The predicted molar refractivity (Wildman–Crippen MR) is 90.1 cm³/mol. The van der Waals surface area contributed by atoms with Gasteiger partial charge in [0.25, 0.3) is 0 Å². The van der Waals surface area contributed by atoms with Gasteiger partial charge in [0, 0.05) is 32.7 Å². The number of allylic oxidation sites excluding steroid dienone is 1. The molecule has 3 N–H and O–H groups in total. The average Bonchev–Trinajstić information content (AvgIpc) is 2.52. The molecule has 0 aromatic carbocycles. The van der Waals surface area contributed by atoms with Crippen LogP contribution in [0.5, 0.6) is 0 Å². The molecule has 1 unspecified atom stereocenters. The Kier molecular flexibility index (Phi) is 19.3. The molecule has 7 heteroatoms. The van der Waals surface area contributed by atoms with Gasteiger partial charge in [0.05, 0.1) is 12.5 Å². The first-order chi connectivity index (χ1) is 11.0. The van der Waals surface area contributed by atoms with Crippen molar-refractivity contribution < 1.29 is 49.7 Å². The summed E-state index contributed by atoms with van der Waals surface area (Å²) >= 11 is 0. The normalized spacial score (nSPS) is 12.9. The fourth-order valence-corrected chi connectivity index (χ4v) is 2.20. The van der Waals surface area contributed by atoms with E-state index in [0.717, 1.165) is 32.1 Å². The second kappa shape index (κ2) is 17.7. The van der Waals surface area contributed by atoms with Crippen molar-refractivity contribution in [1.29, 1.82) is 0 Å². The maximum Gasteiger partial charge on any atom is 1.00 e. The Morgan fingerprint density at radius 2 is 2.00 bits per heavy atom. The van der Waals surface area contributed by atoms with Gasteiger partial charge >= 0.3 is 35.5 Å². The summed E-state index contributed by atoms with van der Waals surface area (Å²) in [6, 6.07) is 0. The Morgan fingerprint density at radius 3 is 2.58 bits per heavy atom. The molecule has 0 rings (SSSR count). The van der Waals surface area contributed by atoms with E-state index in [1.807, 2.05) is 11.8 Å². The summed E-state index contributed by atoms with van der Waals surface area (Å²) in [4.78, 5) is 12.7. The molecule has 0 amide bonds. The maximum atomic E-state index is 11.5. The minimum absolute atomic E-state index is 0. The minimum atomic E-state index is -0.838. The first-order valence-electron chi connectivity index (χ1n) is 8.68. The molecular formula is C17H33N2NaO4. The van der Waals surface area contributed by atoms with E-state index in [4.69, 9.17) is 5.11 Å². The number of nitrogens with zero attached hydrogens (tertiary/aromatic N) is 1. The fourth-order valence-electron chi connectivity index (χ4n) is 2.20. The van der Waals surface area contributed by atoms with E-state index in [-0.39, 0.29) is 41.7 Å². The van der Waals surface area contributed by atoms with Crippen LogP contribution in [-0.4, -0.2) is 59.9 Å². The summed E-state index contributed by atoms with van der Waals surface area (Å²) < 4.78 is 0. The van der Waals surface area contributed by atoms with Crippen LogP contribution >= 0.6 is 0 Å². The zero-order chi connectivity index (χ0) is 17.5. The number of hydrogen-bond acceptors (Lipinski definition) is 5. The van der Waals surface area contributed by atoms with Gasteiger partial charge in [0.1, 0.15) is 0 Å². The van der Waals surface area contributed by atoms with E-state index in [1.54, 1.807) is 6.08 Å². The van der Waals surface area contributed by atoms with Crippen LogP contribution in [0.1, 0.15) is 52.4 Å². The number of carboxylic acid groups (broad SMARTS) is 1. The molecule has 0 radical (unpaired) electrons. The van der Waals surface area contributed by atoms with Crippen molar-refractivity contribution in [2.24, 2.45) is 0 Å². The molecule has 0 aliphatic carbocycles. The van der Waals surface area contributed by atoms with E-state index >= 15 is 0 Å². The summed E-state index contributed by atoms with van der Waals surface area (Å²) in [5.41, 5.74) is 0. The van der Waals surface area contributed by atoms with Crippen LogP contribution in [0.25, 0.3) is 0 Å². The van der Waals surface area contributed by atoms with Crippen LogP contribution in [0.3, 0.4) is 0 Å². The van der Waals surface area contributed by atoms with Crippen molar-refractivity contribution in [2.45, 2.75) is 58.5 Å². The summed E-state index contributed by atoms with van der Waals surface area (Å²) in [6.07, 6.45) is 5.83. The molecule has 0 spiro atoms. The number of hydrogen-bond donors (Lipinski definition) is 3. The number of rotatable bonds is 15. The van der Waals surface area contributed by atoms with Gasteiger partial charge in [-0.2, -0.15) is 0 Å². The van der Waals surface area contributed by atoms with Crippen LogP contribution in [0.2, 0.25) is 0 Å². The Hall–Kier alpha value is -0.110. The van der Waals surface area contributed by atoms with Gasteiger partial charge < -0.3 is 20.6 Å². The molecule has 0 aromatic rings. The number of nitrogens with one attached hydrogen (secondary N) is 1. The Balaban J connectivity index is 0. The average molecular weight is 352 g/mol. The Morgan fingerprint density at radius 1 is 1.29 bits per heavy atom. The molecule has 0 aliphatic rings. The number of aliphatic carboxylic acids is 1. The van der Waals surface area contributed by atoms with E-state index in [2.05, 4.69) is 12.2 Å². The second-order valence-corrected chi connectivity index (χ2v) is 5.88. The molecular weight excluding hydrogens is 319 g/mol. The van der Waals surface area contributed by atoms with E-state index in [9.17, 15) is 15.0 Å². The first kappa shape index (κ1) is 26.1. The fraction of sp³-hybridized carbons (Fsp3) is 0.824. The number of aliphatic hydroxyl groups excluding tert-OH is 1. The molecule has 24 heavy (non-hydrogen) atoms. The topological polar surface area (TPSA) is 95.9 Å². The number of carbonyl (C=O) groups is 1. The van der Waals surface area contributed by atoms with Crippen LogP contribution in [-0.2, 0) is 4.79 Å². The molecule has 0 heterocycles. The standard InChI is InChI=1S/C17H34N2O4.Na/c1-3-5-7-15(20)13-18-10-12-19(11-9-17(22)23)14-16(21)8-6-4-2;/h7,16,18,20-21H,3-6,8-14H2,1-2H3,(H,22,23);/q;+1/p-1/b15-7-;. The zero-order valence-electron chi connectivity index (χ0n) is 15.6. The maximum absolute atomic E-state index is 11.5. The number of aliphatic hydroxyl groups is 1. The van der Waals surface area contributed by atoms with Crippen molar-refractivity contribution in [3.63, 3.8) is 0 Å². The van der Waals surface area contributed by atoms with Crippen molar-refractivity contribution in [3.05, 3.63) is 11.8 Å². The van der Waals surface area contributed by atoms with Crippen LogP contribution in [0.15, 0.2) is 11.8 Å². The molecule has 0 bridgehead atoms. The molecule has 0 saturated heterocycles. The van der Waals surface area contributed by atoms with E-state index in [1.165, 1.54) is 0 Å². The number of carboxylic acids is 1. The van der Waals surface area contributed by atoms with E-state index in [0.29, 0.717) is 32.7 Å². The SMILES string of the molecule is CCC/C=C(\[O-])CNCCN(CCC(=O)O)CC(O)CCCC.[Na+]. The predicted octanol–water partition coefficient (Wildman–Crippen LogP) is -2.05. The van der Waals surface area contributed by atoms with Gasteiger partial charge in [-0.3, -0.25) is 9.69 Å². The third-order valence-corrected chi connectivity index (χ3v) is 3.57. The first-order valence-corrected chi connectivity index (χ1v) is 8.68. The smallest absolute Gasteiger partial charge is 0.875 e. The molecule has 0 aromatic heterocycles. The summed E-state index contributed by atoms with van der Waals surface area (Å²) in [6.45, 7) is 6.53. The van der Waals surface area contributed by atoms with Gasteiger partial charge in [0.2, 0.25) is 0 Å². The molecule has 0 fully saturated rings. The second-order valence-electron chi connectivity index (χ2n) is 5.88. The van der Waals surface area contributed by atoms with Crippen molar-refractivity contribution in [1.82, 2.24) is 10.2 Å². The van der Waals surface area contributed by atoms with Gasteiger partial charge in [-0.25, -0.2) is 0 Å². The molecule has 0 saturated carbocycles. The third kappa shape index (κ3) is 16.7. The number of unbranched alkanes of at least 4 members (excludes halogenated alkanes) is 2. The van der Waals surface area contributed by atoms with E-state index < -0.39 is 12.1 Å². The van der Waals surface area contributed by atoms with Gasteiger partial charge in [-0.15, -0.1) is 5.76 Å². The third-order valence-electron chi connectivity index (χ3n) is 3.57.